The van der Waals surface area contributed by atoms with E-state index in [4.69, 9.17) is 0 Å². The Bertz CT molecular complexity index is 1090. The van der Waals surface area contributed by atoms with Gasteiger partial charge in [-0.25, -0.2) is 4.98 Å². The van der Waals surface area contributed by atoms with Gasteiger partial charge in [-0.1, -0.05) is 42.0 Å². The molecule has 1 N–H and O–H groups in total. The molecule has 0 fully saturated rings. The molecule has 2 aromatic heterocycles. The topological polar surface area (TPSA) is 58.8 Å². The predicted molar refractivity (Wildman–Crippen MR) is 109 cm³/mol. The first kappa shape index (κ1) is 20.5. The monoisotopic (exact) mass is 418 g/mol. The van der Waals surface area contributed by atoms with Crippen LogP contribution in [0, 0.1) is 0 Å². The smallest absolute Gasteiger partial charge is 0.308 e. The summed E-state index contributed by atoms with van der Waals surface area (Å²) in [6.45, 7) is 5.33. The minimum atomic E-state index is -4.48. The molecular weight excluding hydrogens is 401 g/mol. The second-order valence-electron chi connectivity index (χ2n) is 6.20. The molecule has 0 atom stereocenters. The number of aliphatic imine (C=N–C) groups is 1. The fraction of sp³-hybridized carbons (Fsp3) is 0.150. The number of halogens is 3. The maximum absolute atomic E-state index is 12.9. The summed E-state index contributed by atoms with van der Waals surface area (Å²) in [7, 11) is 0. The summed E-state index contributed by atoms with van der Waals surface area (Å²) in [4.78, 5) is 20.4. The number of nitrogens with zero attached hydrogens (tertiary/aromatic N) is 3. The molecule has 3 rings (SSSR count). The van der Waals surface area contributed by atoms with Gasteiger partial charge in [0.15, 0.2) is 5.82 Å². The van der Waals surface area contributed by atoms with Crippen LogP contribution in [0.1, 0.15) is 24.6 Å². The second-order valence-corrected chi connectivity index (χ2v) is 7.06. The Morgan fingerprint density at radius 2 is 2.03 bits per heavy atom. The summed E-state index contributed by atoms with van der Waals surface area (Å²) in [5, 5.41) is 3.56. The average Bonchev–Trinajstić information content (AvgIpc) is 3.25. The molecule has 29 heavy (non-hydrogen) atoms. The van der Waals surface area contributed by atoms with Crippen molar-refractivity contribution in [2.75, 3.05) is 5.32 Å². The Hall–Kier alpha value is -3.20. The van der Waals surface area contributed by atoms with Crippen LogP contribution in [-0.4, -0.2) is 22.0 Å². The number of fused-ring (bicyclic) bond motifs is 1. The lowest BCUT2D eigenvalue weighted by atomic mass is 10.1. The first-order valence-corrected chi connectivity index (χ1v) is 9.38. The minimum Gasteiger partial charge on any atom is -0.308 e. The number of aromatic nitrogens is 2. The van der Waals surface area contributed by atoms with Crippen LogP contribution in [-0.2, 0) is 11.0 Å². The number of benzene rings is 1. The zero-order valence-electron chi connectivity index (χ0n) is 15.4. The van der Waals surface area contributed by atoms with Crippen LogP contribution < -0.4 is 5.32 Å². The highest BCUT2D eigenvalue weighted by Gasteiger charge is 2.35. The van der Waals surface area contributed by atoms with Gasteiger partial charge in [0.1, 0.15) is 16.9 Å². The molecule has 0 spiro atoms. The number of carbonyl (C=O) groups is 1. The number of hydrogen-bond acceptors (Lipinski definition) is 4. The van der Waals surface area contributed by atoms with Gasteiger partial charge in [-0.05, 0) is 19.7 Å². The van der Waals surface area contributed by atoms with E-state index in [1.165, 1.54) is 0 Å². The Labute approximate surface area is 168 Å². The minimum absolute atomic E-state index is 0.0617. The third-order valence-corrected chi connectivity index (χ3v) is 4.97. The van der Waals surface area contributed by atoms with Crippen molar-refractivity contribution in [1.29, 1.82) is 0 Å². The van der Waals surface area contributed by atoms with Crippen molar-refractivity contribution < 1.29 is 18.0 Å². The Morgan fingerprint density at radius 3 is 2.69 bits per heavy atom. The molecule has 5 nitrogen and oxygen atoms in total. The summed E-state index contributed by atoms with van der Waals surface area (Å²) < 4.78 is 39.8. The molecule has 0 bridgehead atoms. The van der Waals surface area contributed by atoms with Gasteiger partial charge in [0.25, 0.3) is 0 Å². The van der Waals surface area contributed by atoms with Crippen molar-refractivity contribution >= 4 is 40.3 Å². The summed E-state index contributed by atoms with van der Waals surface area (Å²) in [5.41, 5.74) is 1.49. The lowest BCUT2D eigenvalue weighted by molar-refractivity contribution is -0.141. The lowest BCUT2D eigenvalue weighted by Crippen LogP contribution is -2.12. The summed E-state index contributed by atoms with van der Waals surface area (Å²) >= 11 is 0.872. The van der Waals surface area contributed by atoms with Crippen LogP contribution in [0.3, 0.4) is 0 Å². The van der Waals surface area contributed by atoms with E-state index in [-0.39, 0.29) is 23.0 Å². The zero-order chi connectivity index (χ0) is 21.0. The van der Waals surface area contributed by atoms with E-state index in [2.05, 4.69) is 22.0 Å². The third kappa shape index (κ3) is 4.80. The quantitative estimate of drug-likeness (QED) is 0.429. The van der Waals surface area contributed by atoms with E-state index >= 15 is 0 Å². The van der Waals surface area contributed by atoms with Gasteiger partial charge in [0.05, 0.1) is 5.70 Å². The van der Waals surface area contributed by atoms with E-state index in [0.29, 0.717) is 5.70 Å². The maximum Gasteiger partial charge on any atom is 0.432 e. The average molecular weight is 418 g/mol. The van der Waals surface area contributed by atoms with Crippen LogP contribution in [0.2, 0.25) is 0 Å². The molecule has 9 heteroatoms. The van der Waals surface area contributed by atoms with E-state index in [0.717, 1.165) is 38.6 Å². The largest absolute Gasteiger partial charge is 0.432 e. The molecular formula is C20H17F3N4OS. The number of amides is 1. The first-order chi connectivity index (χ1) is 13.8. The van der Waals surface area contributed by atoms with Gasteiger partial charge in [0, 0.05) is 17.4 Å². The van der Waals surface area contributed by atoms with Gasteiger partial charge < -0.3 is 5.32 Å². The van der Waals surface area contributed by atoms with Crippen LogP contribution in [0.4, 0.5) is 19.0 Å². The highest BCUT2D eigenvalue weighted by Crippen LogP contribution is 2.35. The summed E-state index contributed by atoms with van der Waals surface area (Å²) in [6.07, 6.45) is 0.145. The Kier molecular flexibility index (Phi) is 5.97. The predicted octanol–water partition coefficient (Wildman–Crippen LogP) is 5.43. The zero-order valence-corrected chi connectivity index (χ0v) is 16.2. The van der Waals surface area contributed by atoms with Crippen LogP contribution >= 0.6 is 11.3 Å². The maximum atomic E-state index is 12.9. The van der Waals surface area contributed by atoms with Crippen LogP contribution in [0.5, 0.6) is 0 Å². The molecule has 0 aliphatic heterocycles. The molecule has 1 aromatic carbocycles. The molecule has 0 aliphatic rings. The molecule has 0 radical (unpaired) electrons. The molecule has 0 saturated carbocycles. The van der Waals surface area contributed by atoms with Crippen LogP contribution in [0.25, 0.3) is 10.5 Å². The normalized spacial score (nSPS) is 13.0. The fourth-order valence-corrected chi connectivity index (χ4v) is 3.58. The van der Waals surface area contributed by atoms with Crippen molar-refractivity contribution in [3.8, 4) is 0 Å². The number of thiazole rings is 1. The fourth-order valence-electron chi connectivity index (χ4n) is 2.64. The highest BCUT2D eigenvalue weighted by atomic mass is 32.1. The molecule has 0 aliphatic carbocycles. The number of anilines is 1. The number of alkyl halides is 3. The van der Waals surface area contributed by atoms with Gasteiger partial charge in [-0.2, -0.15) is 13.2 Å². The van der Waals surface area contributed by atoms with Crippen molar-refractivity contribution in [3.05, 3.63) is 71.0 Å². The van der Waals surface area contributed by atoms with E-state index in [1.807, 2.05) is 30.3 Å². The van der Waals surface area contributed by atoms with Crippen molar-refractivity contribution in [2.45, 2.75) is 19.5 Å². The number of rotatable bonds is 6. The standard InChI is InChI=1S/C20H17F3N4OS/c1-13(8-9-15(24-2)14-6-4-3-5-7-14)10-17(28)26-18-19-27(12-25-18)16(11-29-19)20(21,22)23/h3-9,11-12H,2,10H2,1H3,(H,26,28)/b13-8+,15-9-. The molecule has 3 aromatic rings. The van der Waals surface area contributed by atoms with Crippen molar-refractivity contribution in [3.63, 3.8) is 0 Å². The summed E-state index contributed by atoms with van der Waals surface area (Å²) in [6, 6.07) is 9.47. The van der Waals surface area contributed by atoms with Crippen molar-refractivity contribution in [1.82, 2.24) is 9.38 Å². The van der Waals surface area contributed by atoms with E-state index in [9.17, 15) is 18.0 Å². The molecule has 0 saturated heterocycles. The molecule has 0 unspecified atom stereocenters. The molecule has 1 amide bonds. The van der Waals surface area contributed by atoms with Gasteiger partial charge in [-0.3, -0.25) is 14.2 Å². The van der Waals surface area contributed by atoms with E-state index in [1.54, 1.807) is 19.1 Å². The van der Waals surface area contributed by atoms with E-state index < -0.39 is 11.9 Å². The third-order valence-electron chi connectivity index (χ3n) is 4.02. The molecule has 150 valence electrons. The number of nitrogens with one attached hydrogen (secondary N) is 1. The Balaban J connectivity index is 1.70. The number of carbonyl (C=O) groups excluding carboxylic acids is 1. The van der Waals surface area contributed by atoms with Gasteiger partial charge in [-0.15, -0.1) is 11.3 Å². The Morgan fingerprint density at radius 1 is 1.31 bits per heavy atom. The lowest BCUT2D eigenvalue weighted by Gasteiger charge is -2.04. The van der Waals surface area contributed by atoms with Gasteiger partial charge in [0.2, 0.25) is 5.91 Å². The molecule has 2 heterocycles. The van der Waals surface area contributed by atoms with Gasteiger partial charge >= 0.3 is 6.18 Å². The first-order valence-electron chi connectivity index (χ1n) is 8.51. The van der Waals surface area contributed by atoms with Crippen LogP contribution in [0.15, 0.2) is 64.8 Å². The summed E-state index contributed by atoms with van der Waals surface area (Å²) in [5.74, 6) is -0.265. The highest BCUT2D eigenvalue weighted by molar-refractivity contribution is 7.16. The van der Waals surface area contributed by atoms with Crippen molar-refractivity contribution in [2.24, 2.45) is 4.99 Å². The number of hydrogen-bond donors (Lipinski definition) is 1. The second kappa shape index (κ2) is 8.44. The number of imidazole rings is 1. The number of allylic oxidation sites excluding steroid dienone is 2. The SMILES string of the molecule is C=N/C(=C\C=C(/C)CC(=O)Nc1ncn2c(C(F)(F)F)csc12)c1ccccc1.